The Morgan fingerprint density at radius 3 is 2.47 bits per heavy atom. The van der Waals surface area contributed by atoms with Gasteiger partial charge < -0.3 is 5.32 Å². The largest absolute Gasteiger partial charge is 0.343 e. The second kappa shape index (κ2) is 15.6. The van der Waals surface area contributed by atoms with Crippen LogP contribution in [0.15, 0.2) is 70.0 Å². The monoisotopic (exact) mass is 455 g/mol. The first-order chi connectivity index (χ1) is 15.4. The van der Waals surface area contributed by atoms with Gasteiger partial charge in [-0.1, -0.05) is 82.0 Å². The topological polar surface area (TPSA) is 37.3 Å². The average molecular weight is 456 g/mol. The first kappa shape index (κ1) is 27.9. The minimum atomic E-state index is 0.269. The summed E-state index contributed by atoms with van der Waals surface area (Å²) in [5, 5.41) is 4.29. The fourth-order valence-corrected chi connectivity index (χ4v) is 3.60. The van der Waals surface area contributed by atoms with Gasteiger partial charge in [0.1, 0.15) is 5.84 Å². The SMILES string of the molecule is C\C=C/C(C(=C/C)/NC(=Nc1ccc(Cl)cn1)C(C)CC)=C(CCCCC)\C(C)=C\CC. The number of nitrogens with one attached hydrogen (secondary N) is 1. The van der Waals surface area contributed by atoms with Crippen LogP contribution < -0.4 is 5.32 Å². The lowest BCUT2D eigenvalue weighted by atomic mass is 9.92. The Morgan fingerprint density at radius 1 is 1.19 bits per heavy atom. The highest BCUT2D eigenvalue weighted by Gasteiger charge is 2.16. The molecule has 0 saturated heterocycles. The molecule has 1 atom stereocenters. The van der Waals surface area contributed by atoms with Gasteiger partial charge in [0.15, 0.2) is 5.82 Å². The number of halogens is 1. The van der Waals surface area contributed by atoms with Gasteiger partial charge in [0.25, 0.3) is 0 Å². The van der Waals surface area contributed by atoms with Crippen molar-refractivity contribution in [3.63, 3.8) is 0 Å². The summed E-state index contributed by atoms with van der Waals surface area (Å²) < 4.78 is 0. The predicted molar refractivity (Wildman–Crippen MR) is 143 cm³/mol. The third kappa shape index (κ3) is 9.16. The molecule has 1 N–H and O–H groups in total. The molecule has 0 fully saturated rings. The van der Waals surface area contributed by atoms with Crippen LogP contribution in [0.3, 0.4) is 0 Å². The maximum Gasteiger partial charge on any atom is 0.153 e. The molecule has 3 nitrogen and oxygen atoms in total. The molecule has 1 unspecified atom stereocenters. The lowest BCUT2D eigenvalue weighted by Crippen LogP contribution is -2.29. The van der Waals surface area contributed by atoms with Crippen LogP contribution in [0, 0.1) is 5.92 Å². The van der Waals surface area contributed by atoms with E-state index >= 15 is 0 Å². The van der Waals surface area contributed by atoms with E-state index in [0.717, 1.165) is 30.8 Å². The molecule has 0 aliphatic carbocycles. The summed E-state index contributed by atoms with van der Waals surface area (Å²) in [7, 11) is 0. The molecule has 0 bridgehead atoms. The number of nitrogens with zero attached hydrogens (tertiary/aromatic N) is 2. The molecule has 176 valence electrons. The molecule has 0 saturated carbocycles. The Bertz CT molecular complexity index is 842. The van der Waals surface area contributed by atoms with Crippen molar-refractivity contribution in [1.82, 2.24) is 10.3 Å². The first-order valence-electron chi connectivity index (χ1n) is 12.1. The third-order valence-corrected chi connectivity index (χ3v) is 5.77. The van der Waals surface area contributed by atoms with E-state index in [1.54, 1.807) is 6.20 Å². The van der Waals surface area contributed by atoms with E-state index in [2.05, 4.69) is 83.1 Å². The van der Waals surface area contributed by atoms with Gasteiger partial charge in [-0.15, -0.1) is 0 Å². The van der Waals surface area contributed by atoms with E-state index in [4.69, 9.17) is 16.6 Å². The summed E-state index contributed by atoms with van der Waals surface area (Å²) in [6.07, 6.45) is 17.2. The van der Waals surface area contributed by atoms with Gasteiger partial charge in [-0.3, -0.25) is 0 Å². The molecular formula is C28H42ClN3. The van der Waals surface area contributed by atoms with Gasteiger partial charge in [-0.2, -0.15) is 0 Å². The summed E-state index contributed by atoms with van der Waals surface area (Å²) in [4.78, 5) is 9.22. The first-order valence-corrected chi connectivity index (χ1v) is 12.5. The van der Waals surface area contributed by atoms with Crippen molar-refractivity contribution in [3.05, 3.63) is 70.1 Å². The Balaban J connectivity index is 3.49. The molecule has 0 spiro atoms. The highest BCUT2D eigenvalue weighted by molar-refractivity contribution is 6.30. The van der Waals surface area contributed by atoms with Crippen molar-refractivity contribution in [2.45, 2.75) is 87.0 Å². The molecule has 1 rings (SSSR count). The smallest absolute Gasteiger partial charge is 0.153 e. The second-order valence-corrected chi connectivity index (χ2v) is 8.55. The van der Waals surface area contributed by atoms with E-state index in [1.165, 1.54) is 36.0 Å². The van der Waals surface area contributed by atoms with Gasteiger partial charge in [-0.25, -0.2) is 9.98 Å². The maximum atomic E-state index is 6.01. The Morgan fingerprint density at radius 2 is 1.94 bits per heavy atom. The molecule has 1 heterocycles. The number of hydrogen-bond donors (Lipinski definition) is 1. The summed E-state index contributed by atoms with van der Waals surface area (Å²) in [6, 6.07) is 3.68. The van der Waals surface area contributed by atoms with Crippen molar-refractivity contribution in [2.75, 3.05) is 0 Å². The Labute approximate surface area is 201 Å². The molecule has 4 heteroatoms. The van der Waals surface area contributed by atoms with Gasteiger partial charge in [0, 0.05) is 23.4 Å². The number of aromatic nitrogens is 1. The van der Waals surface area contributed by atoms with Gasteiger partial charge in [0.2, 0.25) is 0 Å². The molecule has 1 aromatic heterocycles. The molecule has 0 radical (unpaired) electrons. The number of aliphatic imine (C=N–C) groups is 1. The zero-order chi connectivity index (χ0) is 23.9. The van der Waals surface area contributed by atoms with E-state index in [1.807, 2.05) is 12.1 Å². The predicted octanol–water partition coefficient (Wildman–Crippen LogP) is 9.11. The summed E-state index contributed by atoms with van der Waals surface area (Å²) in [5.41, 5.74) is 5.10. The normalized spacial score (nSPS) is 15.2. The standard InChI is InChI=1S/C28H42ClN3/c1-8-13-14-17-24(22(7)15-9-2)25(16-10-3)26(12-5)31-28(21(6)11-4)32-27-19-18-23(29)20-30-27/h10,12,15-16,18-21H,8-9,11,13-14,17H2,1-7H3,(H,30,31,32)/b16-10-,22-15+,25-24+,26-12-. The molecule has 0 aromatic carbocycles. The molecular weight excluding hydrogens is 414 g/mol. The molecule has 0 aliphatic heterocycles. The van der Waals surface area contributed by atoms with Crippen molar-refractivity contribution in [3.8, 4) is 0 Å². The van der Waals surface area contributed by atoms with E-state index in [0.29, 0.717) is 10.8 Å². The molecule has 0 aliphatic rings. The zero-order valence-corrected chi connectivity index (χ0v) is 21.9. The van der Waals surface area contributed by atoms with Crippen molar-refractivity contribution >= 4 is 23.3 Å². The molecule has 1 aromatic rings. The average Bonchev–Trinajstić information content (AvgIpc) is 2.79. The lowest BCUT2D eigenvalue weighted by Gasteiger charge is -2.22. The van der Waals surface area contributed by atoms with Crippen LogP contribution in [0.4, 0.5) is 5.82 Å². The second-order valence-electron chi connectivity index (χ2n) is 8.11. The third-order valence-electron chi connectivity index (χ3n) is 5.54. The van der Waals surface area contributed by atoms with Gasteiger partial charge in [0.05, 0.1) is 5.02 Å². The lowest BCUT2D eigenvalue weighted by molar-refractivity contribution is 0.708. The fourth-order valence-electron chi connectivity index (χ4n) is 3.49. The number of pyridine rings is 1. The number of hydrogen-bond acceptors (Lipinski definition) is 2. The van der Waals surface area contributed by atoms with E-state index in [9.17, 15) is 0 Å². The number of amidine groups is 1. The highest BCUT2D eigenvalue weighted by atomic mass is 35.5. The van der Waals surface area contributed by atoms with Crippen LogP contribution in [0.1, 0.15) is 87.0 Å². The number of allylic oxidation sites excluding steroid dienone is 6. The highest BCUT2D eigenvalue weighted by Crippen LogP contribution is 2.27. The summed E-state index contributed by atoms with van der Waals surface area (Å²) >= 11 is 6.01. The van der Waals surface area contributed by atoms with Crippen molar-refractivity contribution < 1.29 is 0 Å². The Hall–Kier alpha value is -2.13. The summed E-state index contributed by atoms with van der Waals surface area (Å²) in [6.45, 7) is 15.2. The van der Waals surface area contributed by atoms with Gasteiger partial charge in [-0.05, 0) is 64.2 Å². The van der Waals surface area contributed by atoms with Crippen LogP contribution in [-0.2, 0) is 0 Å². The molecule has 0 amide bonds. The zero-order valence-electron chi connectivity index (χ0n) is 21.1. The van der Waals surface area contributed by atoms with E-state index < -0.39 is 0 Å². The van der Waals surface area contributed by atoms with Crippen LogP contribution in [0.5, 0.6) is 0 Å². The van der Waals surface area contributed by atoms with Crippen LogP contribution in [0.25, 0.3) is 0 Å². The Kier molecular flexibility index (Phi) is 13.6. The summed E-state index contributed by atoms with van der Waals surface area (Å²) in [5.74, 6) is 1.85. The molecule has 32 heavy (non-hydrogen) atoms. The fraction of sp³-hybridized carbons (Fsp3) is 0.500. The van der Waals surface area contributed by atoms with Crippen LogP contribution in [-0.4, -0.2) is 10.8 Å². The van der Waals surface area contributed by atoms with Crippen molar-refractivity contribution in [1.29, 1.82) is 0 Å². The minimum Gasteiger partial charge on any atom is -0.343 e. The number of rotatable bonds is 12. The quantitative estimate of drug-likeness (QED) is 0.147. The van der Waals surface area contributed by atoms with Crippen LogP contribution >= 0.6 is 11.6 Å². The van der Waals surface area contributed by atoms with Crippen LogP contribution in [0.2, 0.25) is 5.02 Å². The van der Waals surface area contributed by atoms with Gasteiger partial charge >= 0.3 is 0 Å². The van der Waals surface area contributed by atoms with E-state index in [-0.39, 0.29) is 5.92 Å². The van der Waals surface area contributed by atoms with Crippen molar-refractivity contribution in [2.24, 2.45) is 10.9 Å². The minimum absolute atomic E-state index is 0.269. The number of unbranched alkanes of at least 4 members (excludes halogenated alkanes) is 2. The maximum absolute atomic E-state index is 6.01.